The van der Waals surface area contributed by atoms with Crippen LogP contribution in [0.3, 0.4) is 0 Å². The van der Waals surface area contributed by atoms with Gasteiger partial charge in [0.15, 0.2) is 0 Å². The lowest BCUT2D eigenvalue weighted by molar-refractivity contribution is -0.143. The molecule has 0 spiro atoms. The second-order valence-corrected chi connectivity index (χ2v) is 9.41. The second kappa shape index (κ2) is 16.9. The van der Waals surface area contributed by atoms with Crippen LogP contribution < -0.4 is 4.74 Å². The van der Waals surface area contributed by atoms with Crippen LogP contribution in [-0.2, 0) is 27.1 Å². The van der Waals surface area contributed by atoms with Gasteiger partial charge in [-0.25, -0.2) is 4.79 Å². The fourth-order valence-corrected chi connectivity index (χ4v) is 4.38. The van der Waals surface area contributed by atoms with Gasteiger partial charge < -0.3 is 14.2 Å². The van der Waals surface area contributed by atoms with Crippen molar-refractivity contribution in [1.82, 2.24) is 0 Å². The van der Waals surface area contributed by atoms with Crippen LogP contribution in [0.4, 0.5) is 0 Å². The molecule has 5 heteroatoms. The average molecular weight is 529 g/mol. The molecule has 0 aliphatic rings. The van der Waals surface area contributed by atoms with Crippen LogP contribution in [-0.4, -0.2) is 31.8 Å². The molecule has 0 radical (unpaired) electrons. The predicted octanol–water partition coefficient (Wildman–Crippen LogP) is 7.48. The third-order valence-corrected chi connectivity index (χ3v) is 6.43. The molecule has 0 saturated carbocycles. The number of ether oxygens (including phenoxy) is 3. The molecule has 0 aromatic heterocycles. The summed E-state index contributed by atoms with van der Waals surface area (Å²) < 4.78 is 16.3. The fourth-order valence-electron chi connectivity index (χ4n) is 4.38. The molecule has 0 fully saturated rings. The first-order valence-corrected chi connectivity index (χ1v) is 13.9. The zero-order chi connectivity index (χ0) is 27.7. The molecule has 3 rings (SSSR count). The van der Waals surface area contributed by atoms with Crippen molar-refractivity contribution in [3.8, 4) is 5.75 Å². The van der Waals surface area contributed by atoms with Crippen LogP contribution in [0.25, 0.3) is 6.08 Å². The van der Waals surface area contributed by atoms with E-state index in [1.807, 2.05) is 67.6 Å². The molecule has 0 aliphatic heterocycles. The Labute approximate surface area is 232 Å². The molecular formula is C34H40O5. The van der Waals surface area contributed by atoms with Crippen LogP contribution in [0.1, 0.15) is 66.6 Å². The fraction of sp³-hybridized carbons (Fsp3) is 0.353. The number of benzene rings is 3. The summed E-state index contributed by atoms with van der Waals surface area (Å²) in [5.41, 5.74) is 4.00. The Hall–Kier alpha value is -3.86. The summed E-state index contributed by atoms with van der Waals surface area (Å²) in [6.07, 6.45) is 9.15. The quantitative estimate of drug-likeness (QED) is 0.142. The first-order valence-electron chi connectivity index (χ1n) is 13.9. The number of rotatable bonds is 16. The van der Waals surface area contributed by atoms with E-state index in [2.05, 4.69) is 30.4 Å². The van der Waals surface area contributed by atoms with Gasteiger partial charge in [-0.15, -0.1) is 0 Å². The molecule has 0 heterocycles. The standard InChI is InChI=1S/C34H40O5/c1-3-37-33(35)17-11-8-14-28(26-29-19-22-31(23-20-29)34(36)38-4-2)18-21-30-15-9-10-16-32(30)39-25-24-27-12-6-5-7-13-27/h5-7,9-10,12-13,15-16,18-23,28H,3-4,8,11,14,17,24-26H2,1-2H3. The van der Waals surface area contributed by atoms with E-state index in [0.717, 1.165) is 49.0 Å². The van der Waals surface area contributed by atoms with Crippen LogP contribution in [0.5, 0.6) is 5.75 Å². The van der Waals surface area contributed by atoms with Crippen LogP contribution >= 0.6 is 0 Å². The number of esters is 2. The van der Waals surface area contributed by atoms with Crippen LogP contribution in [0.15, 0.2) is 84.9 Å². The maximum absolute atomic E-state index is 12.0. The van der Waals surface area contributed by atoms with E-state index < -0.39 is 0 Å². The smallest absolute Gasteiger partial charge is 0.338 e. The van der Waals surface area contributed by atoms with Crippen molar-refractivity contribution < 1.29 is 23.8 Å². The first kappa shape index (κ1) is 29.7. The van der Waals surface area contributed by atoms with Crippen LogP contribution in [0.2, 0.25) is 0 Å². The molecular weight excluding hydrogens is 488 g/mol. The topological polar surface area (TPSA) is 61.8 Å². The lowest BCUT2D eigenvalue weighted by Gasteiger charge is -2.14. The Morgan fingerprint density at radius 2 is 1.51 bits per heavy atom. The third-order valence-electron chi connectivity index (χ3n) is 6.43. The SMILES string of the molecule is CCOC(=O)CCCCC(C=Cc1ccccc1OCCc1ccccc1)Cc1ccc(C(=O)OCC)cc1. The second-order valence-electron chi connectivity index (χ2n) is 9.41. The molecule has 0 aliphatic carbocycles. The van der Waals surface area contributed by atoms with Crippen molar-refractivity contribution in [3.05, 3.63) is 107 Å². The summed E-state index contributed by atoms with van der Waals surface area (Å²) in [5, 5.41) is 0. The molecule has 1 unspecified atom stereocenters. The highest BCUT2D eigenvalue weighted by Crippen LogP contribution is 2.24. The average Bonchev–Trinajstić information content (AvgIpc) is 2.95. The van der Waals surface area contributed by atoms with Crippen molar-refractivity contribution in [1.29, 1.82) is 0 Å². The number of hydrogen-bond donors (Lipinski definition) is 0. The molecule has 206 valence electrons. The molecule has 1 atom stereocenters. The summed E-state index contributed by atoms with van der Waals surface area (Å²) in [7, 11) is 0. The van der Waals surface area contributed by atoms with Gasteiger partial charge in [-0.2, -0.15) is 0 Å². The van der Waals surface area contributed by atoms with Gasteiger partial charge in [0, 0.05) is 18.4 Å². The molecule has 3 aromatic carbocycles. The van der Waals surface area contributed by atoms with E-state index in [9.17, 15) is 9.59 Å². The number of carbonyl (C=O) groups excluding carboxylic acids is 2. The minimum Gasteiger partial charge on any atom is -0.493 e. The van der Waals surface area contributed by atoms with Crippen molar-refractivity contribution in [2.45, 2.75) is 52.4 Å². The highest BCUT2D eigenvalue weighted by atomic mass is 16.5. The van der Waals surface area contributed by atoms with Crippen LogP contribution in [0, 0.1) is 5.92 Å². The Balaban J connectivity index is 1.66. The Kier molecular flexibility index (Phi) is 12.8. The largest absolute Gasteiger partial charge is 0.493 e. The van der Waals surface area contributed by atoms with Gasteiger partial charge in [-0.1, -0.05) is 79.2 Å². The van der Waals surface area contributed by atoms with Gasteiger partial charge in [-0.05, 0) is 68.4 Å². The number of para-hydroxylation sites is 1. The number of unbranched alkanes of at least 4 members (excludes halogenated alkanes) is 1. The highest BCUT2D eigenvalue weighted by molar-refractivity contribution is 5.89. The van der Waals surface area contributed by atoms with E-state index in [1.54, 1.807) is 6.92 Å². The lowest BCUT2D eigenvalue weighted by Crippen LogP contribution is -2.07. The van der Waals surface area contributed by atoms with Gasteiger partial charge in [-0.3, -0.25) is 4.79 Å². The lowest BCUT2D eigenvalue weighted by atomic mass is 9.92. The third kappa shape index (κ3) is 10.8. The van der Waals surface area contributed by atoms with E-state index in [1.165, 1.54) is 5.56 Å². The summed E-state index contributed by atoms with van der Waals surface area (Å²) >= 11 is 0. The number of allylic oxidation sites excluding steroid dienone is 1. The van der Waals surface area contributed by atoms with Gasteiger partial charge in [0.2, 0.25) is 0 Å². The van der Waals surface area contributed by atoms with Crippen molar-refractivity contribution in [2.24, 2.45) is 5.92 Å². The molecule has 0 amide bonds. The molecule has 39 heavy (non-hydrogen) atoms. The summed E-state index contributed by atoms with van der Waals surface area (Å²) in [4.78, 5) is 23.8. The molecule has 0 saturated heterocycles. The van der Waals surface area contributed by atoms with Gasteiger partial charge in [0.05, 0.1) is 25.4 Å². The van der Waals surface area contributed by atoms with Gasteiger partial charge in [0.25, 0.3) is 0 Å². The highest BCUT2D eigenvalue weighted by Gasteiger charge is 2.11. The van der Waals surface area contributed by atoms with Crippen molar-refractivity contribution >= 4 is 18.0 Å². The normalized spacial score (nSPS) is 11.7. The van der Waals surface area contributed by atoms with Crippen molar-refractivity contribution in [2.75, 3.05) is 19.8 Å². The van der Waals surface area contributed by atoms with E-state index in [4.69, 9.17) is 14.2 Å². The minimum atomic E-state index is -0.302. The maximum atomic E-state index is 12.0. The molecule has 0 bridgehead atoms. The minimum absolute atomic E-state index is 0.138. The summed E-state index contributed by atoms with van der Waals surface area (Å²) in [5.74, 6) is 0.687. The zero-order valence-corrected chi connectivity index (χ0v) is 23.1. The predicted molar refractivity (Wildman–Crippen MR) is 156 cm³/mol. The first-order chi connectivity index (χ1) is 19.1. The summed E-state index contributed by atoms with van der Waals surface area (Å²) in [6, 6.07) is 26.1. The Bertz CT molecular complexity index is 1170. The molecule has 3 aromatic rings. The van der Waals surface area contributed by atoms with Gasteiger partial charge >= 0.3 is 11.9 Å². The van der Waals surface area contributed by atoms with E-state index in [0.29, 0.717) is 31.8 Å². The summed E-state index contributed by atoms with van der Waals surface area (Å²) in [6.45, 7) is 5.02. The van der Waals surface area contributed by atoms with Crippen molar-refractivity contribution in [3.63, 3.8) is 0 Å². The van der Waals surface area contributed by atoms with Gasteiger partial charge in [0.1, 0.15) is 5.75 Å². The Morgan fingerprint density at radius 1 is 0.795 bits per heavy atom. The molecule has 0 N–H and O–H groups in total. The number of hydrogen-bond acceptors (Lipinski definition) is 5. The van der Waals surface area contributed by atoms with E-state index >= 15 is 0 Å². The van der Waals surface area contributed by atoms with E-state index in [-0.39, 0.29) is 17.9 Å². The molecule has 5 nitrogen and oxygen atoms in total. The Morgan fingerprint density at radius 3 is 2.26 bits per heavy atom. The monoisotopic (exact) mass is 528 g/mol. The zero-order valence-electron chi connectivity index (χ0n) is 23.1. The maximum Gasteiger partial charge on any atom is 0.338 e. The number of carbonyl (C=O) groups is 2.